The van der Waals surface area contributed by atoms with Gasteiger partial charge in [-0.15, -0.1) is 0 Å². The lowest BCUT2D eigenvalue weighted by molar-refractivity contribution is 0.0947. The van der Waals surface area contributed by atoms with Crippen molar-refractivity contribution in [2.45, 2.75) is 45.1 Å². The molecule has 1 aliphatic rings. The molecule has 1 amide bonds. The van der Waals surface area contributed by atoms with Gasteiger partial charge in [0.2, 0.25) is 0 Å². The Morgan fingerprint density at radius 3 is 2.63 bits per heavy atom. The van der Waals surface area contributed by atoms with Gasteiger partial charge < -0.3 is 10.6 Å². The fraction of sp³-hybridized carbons (Fsp3) is 0.562. The minimum absolute atomic E-state index is 0.0303. The minimum Gasteiger partial charge on any atom is -0.350 e. The molecule has 1 aliphatic heterocycles. The molecule has 1 atom stereocenters. The first-order chi connectivity index (χ1) is 9.16. The first-order valence-corrected chi connectivity index (χ1v) is 7.28. The number of hydrogen-bond donors (Lipinski definition) is 2. The van der Waals surface area contributed by atoms with Gasteiger partial charge in [-0.1, -0.05) is 32.4 Å². The monoisotopic (exact) mass is 260 g/mol. The molecule has 2 rings (SSSR count). The number of carbonyl (C=O) groups is 1. The molecule has 1 unspecified atom stereocenters. The van der Waals surface area contributed by atoms with Gasteiger partial charge in [0, 0.05) is 18.2 Å². The van der Waals surface area contributed by atoms with Crippen molar-refractivity contribution in [2.75, 3.05) is 13.1 Å². The Labute approximate surface area is 115 Å². The fourth-order valence-corrected chi connectivity index (χ4v) is 2.44. The minimum atomic E-state index is 0.0303. The lowest BCUT2D eigenvalue weighted by Crippen LogP contribution is -2.43. The predicted octanol–water partition coefficient (Wildman–Crippen LogP) is 2.68. The third-order valence-electron chi connectivity index (χ3n) is 3.76. The fourth-order valence-electron chi connectivity index (χ4n) is 2.44. The Balaban J connectivity index is 1.85. The summed E-state index contributed by atoms with van der Waals surface area (Å²) in [5, 5.41) is 6.45. The van der Waals surface area contributed by atoms with Gasteiger partial charge in [-0.25, -0.2) is 0 Å². The van der Waals surface area contributed by atoms with Gasteiger partial charge in [-0.3, -0.25) is 4.79 Å². The van der Waals surface area contributed by atoms with E-state index >= 15 is 0 Å². The molecule has 0 aromatic heterocycles. The first-order valence-electron chi connectivity index (χ1n) is 7.28. The van der Waals surface area contributed by atoms with Crippen LogP contribution >= 0.6 is 0 Å². The SMILES string of the molecule is CC(C)c1ccc(C(=O)NCC2CCCCN2)cc1. The molecule has 1 aromatic rings. The van der Waals surface area contributed by atoms with Crippen molar-refractivity contribution in [2.24, 2.45) is 0 Å². The van der Waals surface area contributed by atoms with E-state index in [1.165, 1.54) is 18.4 Å². The average molecular weight is 260 g/mol. The van der Waals surface area contributed by atoms with Crippen molar-refractivity contribution in [1.82, 2.24) is 10.6 Å². The van der Waals surface area contributed by atoms with Crippen LogP contribution in [0.3, 0.4) is 0 Å². The summed E-state index contributed by atoms with van der Waals surface area (Å²) in [6, 6.07) is 8.35. The summed E-state index contributed by atoms with van der Waals surface area (Å²) in [5.74, 6) is 0.534. The van der Waals surface area contributed by atoms with E-state index in [1.807, 2.05) is 24.3 Å². The van der Waals surface area contributed by atoms with E-state index < -0.39 is 0 Å². The highest BCUT2D eigenvalue weighted by atomic mass is 16.1. The molecule has 3 nitrogen and oxygen atoms in total. The Morgan fingerprint density at radius 2 is 2.05 bits per heavy atom. The molecule has 0 saturated carbocycles. The van der Waals surface area contributed by atoms with Gasteiger partial charge in [0.25, 0.3) is 5.91 Å². The summed E-state index contributed by atoms with van der Waals surface area (Å²) in [6.07, 6.45) is 3.67. The molecule has 1 saturated heterocycles. The maximum Gasteiger partial charge on any atom is 0.251 e. The highest BCUT2D eigenvalue weighted by Gasteiger charge is 2.14. The van der Waals surface area contributed by atoms with Crippen LogP contribution in [0.2, 0.25) is 0 Å². The molecule has 1 heterocycles. The van der Waals surface area contributed by atoms with Gasteiger partial charge in [0.05, 0.1) is 0 Å². The van der Waals surface area contributed by atoms with Crippen LogP contribution in [0.4, 0.5) is 0 Å². The Bertz CT molecular complexity index is 405. The highest BCUT2D eigenvalue weighted by molar-refractivity contribution is 5.94. The van der Waals surface area contributed by atoms with Gasteiger partial charge in [0.15, 0.2) is 0 Å². The Morgan fingerprint density at radius 1 is 1.32 bits per heavy atom. The van der Waals surface area contributed by atoms with Crippen LogP contribution < -0.4 is 10.6 Å². The van der Waals surface area contributed by atoms with E-state index in [0.29, 0.717) is 12.0 Å². The number of piperidine rings is 1. The van der Waals surface area contributed by atoms with Crippen LogP contribution in [-0.2, 0) is 0 Å². The Hall–Kier alpha value is -1.35. The van der Waals surface area contributed by atoms with Crippen LogP contribution in [0.5, 0.6) is 0 Å². The zero-order chi connectivity index (χ0) is 13.7. The molecule has 0 bridgehead atoms. The molecule has 19 heavy (non-hydrogen) atoms. The number of hydrogen-bond acceptors (Lipinski definition) is 2. The molecule has 1 aromatic carbocycles. The van der Waals surface area contributed by atoms with E-state index in [2.05, 4.69) is 24.5 Å². The van der Waals surface area contributed by atoms with Crippen LogP contribution in [0.25, 0.3) is 0 Å². The first kappa shape index (κ1) is 14.1. The molecule has 2 N–H and O–H groups in total. The molecule has 0 spiro atoms. The predicted molar refractivity (Wildman–Crippen MR) is 78.5 cm³/mol. The maximum atomic E-state index is 12.0. The number of amides is 1. The maximum absolute atomic E-state index is 12.0. The van der Waals surface area contributed by atoms with Gasteiger partial charge >= 0.3 is 0 Å². The third-order valence-corrected chi connectivity index (χ3v) is 3.76. The molecule has 104 valence electrons. The Kier molecular flexibility index (Phi) is 4.97. The van der Waals surface area contributed by atoms with E-state index in [-0.39, 0.29) is 5.91 Å². The molecular weight excluding hydrogens is 236 g/mol. The van der Waals surface area contributed by atoms with E-state index in [1.54, 1.807) is 0 Å². The average Bonchev–Trinajstić information content (AvgIpc) is 2.46. The van der Waals surface area contributed by atoms with Gasteiger partial charge in [-0.05, 0) is 43.0 Å². The number of nitrogens with one attached hydrogen (secondary N) is 2. The normalized spacial score (nSPS) is 19.4. The van der Waals surface area contributed by atoms with Crippen molar-refractivity contribution in [3.63, 3.8) is 0 Å². The summed E-state index contributed by atoms with van der Waals surface area (Å²) < 4.78 is 0. The summed E-state index contributed by atoms with van der Waals surface area (Å²) in [7, 11) is 0. The second-order valence-electron chi connectivity index (χ2n) is 5.63. The molecule has 0 aliphatic carbocycles. The summed E-state index contributed by atoms with van der Waals surface area (Å²) in [6.45, 7) is 6.11. The lowest BCUT2D eigenvalue weighted by atomic mass is 10.0. The standard InChI is InChI=1S/C16H24N2O/c1-12(2)13-6-8-14(9-7-13)16(19)18-11-15-5-3-4-10-17-15/h6-9,12,15,17H,3-5,10-11H2,1-2H3,(H,18,19). The van der Waals surface area contributed by atoms with Gasteiger partial charge in [0.1, 0.15) is 0 Å². The van der Waals surface area contributed by atoms with Gasteiger partial charge in [-0.2, -0.15) is 0 Å². The van der Waals surface area contributed by atoms with Crippen molar-refractivity contribution in [3.8, 4) is 0 Å². The number of rotatable bonds is 4. The molecular formula is C16H24N2O. The molecule has 1 fully saturated rings. The van der Waals surface area contributed by atoms with Crippen molar-refractivity contribution in [1.29, 1.82) is 0 Å². The smallest absolute Gasteiger partial charge is 0.251 e. The van der Waals surface area contributed by atoms with Crippen molar-refractivity contribution < 1.29 is 4.79 Å². The van der Waals surface area contributed by atoms with Crippen molar-refractivity contribution in [3.05, 3.63) is 35.4 Å². The van der Waals surface area contributed by atoms with Crippen LogP contribution in [0, 0.1) is 0 Å². The van der Waals surface area contributed by atoms with Crippen LogP contribution in [0.15, 0.2) is 24.3 Å². The molecule has 3 heteroatoms. The topological polar surface area (TPSA) is 41.1 Å². The quantitative estimate of drug-likeness (QED) is 0.874. The third kappa shape index (κ3) is 4.06. The summed E-state index contributed by atoms with van der Waals surface area (Å²) >= 11 is 0. The lowest BCUT2D eigenvalue weighted by Gasteiger charge is -2.23. The zero-order valence-corrected chi connectivity index (χ0v) is 11.9. The summed E-state index contributed by atoms with van der Waals surface area (Å²) in [5.41, 5.74) is 2.02. The van der Waals surface area contributed by atoms with Crippen molar-refractivity contribution >= 4 is 5.91 Å². The van der Waals surface area contributed by atoms with E-state index in [9.17, 15) is 4.79 Å². The van der Waals surface area contributed by atoms with Crippen LogP contribution in [-0.4, -0.2) is 25.0 Å². The number of benzene rings is 1. The second kappa shape index (κ2) is 6.71. The largest absolute Gasteiger partial charge is 0.350 e. The zero-order valence-electron chi connectivity index (χ0n) is 11.9. The second-order valence-corrected chi connectivity index (χ2v) is 5.63. The summed E-state index contributed by atoms with van der Waals surface area (Å²) in [4.78, 5) is 12.0. The van der Waals surface area contributed by atoms with Crippen LogP contribution in [0.1, 0.15) is 54.9 Å². The molecule has 0 radical (unpaired) electrons. The number of carbonyl (C=O) groups excluding carboxylic acids is 1. The van der Waals surface area contributed by atoms with E-state index in [0.717, 1.165) is 25.1 Å². The van der Waals surface area contributed by atoms with E-state index in [4.69, 9.17) is 0 Å². The highest BCUT2D eigenvalue weighted by Crippen LogP contribution is 2.14.